The van der Waals surface area contributed by atoms with Crippen LogP contribution in [0.15, 0.2) is 45.3 Å². The van der Waals surface area contributed by atoms with Gasteiger partial charge in [0, 0.05) is 29.0 Å². The highest BCUT2D eigenvalue weighted by molar-refractivity contribution is 8.00. The number of anilines is 1. The highest BCUT2D eigenvalue weighted by Gasteiger charge is 2.21. The number of rotatable bonds is 7. The van der Waals surface area contributed by atoms with E-state index in [4.69, 9.17) is 9.15 Å². The van der Waals surface area contributed by atoms with Gasteiger partial charge in [-0.2, -0.15) is 4.98 Å². The Morgan fingerprint density at radius 1 is 1.28 bits per heavy atom. The topological polar surface area (TPSA) is 115 Å². The number of benzene rings is 1. The number of nitrogens with one attached hydrogen (secondary N) is 2. The van der Waals surface area contributed by atoms with Gasteiger partial charge in [-0.05, 0) is 13.0 Å². The lowest BCUT2D eigenvalue weighted by atomic mass is 10.1. The van der Waals surface area contributed by atoms with Crippen molar-refractivity contribution < 1.29 is 13.9 Å². The van der Waals surface area contributed by atoms with Crippen LogP contribution in [0.5, 0.6) is 5.88 Å². The molecular weight excluding hydrogens is 412 g/mol. The maximum atomic E-state index is 12.8. The Kier molecular flexibility index (Phi) is 5.58. The molecule has 0 unspecified atom stereocenters. The SMILES string of the molecule is COc1ccnc(NNC(=O)c2oc3ccccc3c2CSc2nnc(C)s2)n1. The number of hydrogen-bond acceptors (Lipinski definition) is 10. The van der Waals surface area contributed by atoms with Gasteiger partial charge >= 0.3 is 5.91 Å². The van der Waals surface area contributed by atoms with Crippen LogP contribution < -0.4 is 15.6 Å². The van der Waals surface area contributed by atoms with Gasteiger partial charge < -0.3 is 9.15 Å². The molecule has 2 N–H and O–H groups in total. The fraction of sp³-hybridized carbons (Fsp3) is 0.167. The first-order valence-corrected chi connectivity index (χ1v) is 10.3. The van der Waals surface area contributed by atoms with Crippen LogP contribution in [0, 0.1) is 6.92 Å². The summed E-state index contributed by atoms with van der Waals surface area (Å²) < 4.78 is 11.7. The van der Waals surface area contributed by atoms with Crippen molar-refractivity contribution >= 4 is 45.9 Å². The van der Waals surface area contributed by atoms with Crippen molar-refractivity contribution in [3.63, 3.8) is 0 Å². The van der Waals surface area contributed by atoms with Gasteiger partial charge in [0.1, 0.15) is 10.6 Å². The number of aromatic nitrogens is 4. The predicted octanol–water partition coefficient (Wildman–Crippen LogP) is 3.44. The van der Waals surface area contributed by atoms with E-state index in [1.165, 1.54) is 36.4 Å². The Bertz CT molecular complexity index is 1160. The highest BCUT2D eigenvalue weighted by atomic mass is 32.2. The first kappa shape index (κ1) is 19.2. The number of furan rings is 1. The van der Waals surface area contributed by atoms with Gasteiger partial charge in [0.2, 0.25) is 11.8 Å². The number of amides is 1. The quantitative estimate of drug-likeness (QED) is 0.337. The van der Waals surface area contributed by atoms with Crippen LogP contribution in [0.1, 0.15) is 21.1 Å². The summed E-state index contributed by atoms with van der Waals surface area (Å²) in [5.74, 6) is 0.885. The number of carbonyl (C=O) groups is 1. The molecule has 3 aromatic heterocycles. The molecule has 4 aromatic rings. The van der Waals surface area contributed by atoms with Gasteiger partial charge in [-0.3, -0.25) is 15.6 Å². The molecule has 1 amide bonds. The number of para-hydroxylation sites is 1. The number of fused-ring (bicyclic) bond motifs is 1. The summed E-state index contributed by atoms with van der Waals surface area (Å²) in [5.41, 5.74) is 6.67. The Hall–Kier alpha value is -3.18. The maximum absolute atomic E-state index is 12.8. The molecule has 0 saturated carbocycles. The fourth-order valence-electron chi connectivity index (χ4n) is 2.58. The predicted molar refractivity (Wildman–Crippen MR) is 110 cm³/mol. The molecule has 9 nitrogen and oxygen atoms in total. The summed E-state index contributed by atoms with van der Waals surface area (Å²) in [6, 6.07) is 9.13. The third kappa shape index (κ3) is 4.30. The molecule has 11 heteroatoms. The zero-order chi connectivity index (χ0) is 20.2. The number of aryl methyl sites for hydroxylation is 1. The molecule has 4 rings (SSSR count). The smallest absolute Gasteiger partial charge is 0.305 e. The molecule has 29 heavy (non-hydrogen) atoms. The molecule has 3 heterocycles. The molecule has 0 spiro atoms. The molecule has 0 saturated heterocycles. The Morgan fingerprint density at radius 2 is 2.14 bits per heavy atom. The zero-order valence-corrected chi connectivity index (χ0v) is 17.1. The van der Waals surface area contributed by atoms with Gasteiger partial charge in [0.15, 0.2) is 10.1 Å². The van der Waals surface area contributed by atoms with Gasteiger partial charge in [0.05, 0.1) is 7.11 Å². The van der Waals surface area contributed by atoms with Gasteiger partial charge in [-0.15, -0.1) is 10.2 Å². The van der Waals surface area contributed by atoms with Gasteiger partial charge in [-0.25, -0.2) is 4.98 Å². The van der Waals surface area contributed by atoms with E-state index < -0.39 is 5.91 Å². The molecule has 0 aliphatic heterocycles. The molecule has 1 aromatic carbocycles. The summed E-state index contributed by atoms with van der Waals surface area (Å²) in [7, 11) is 1.50. The van der Waals surface area contributed by atoms with E-state index in [0.717, 1.165) is 20.3 Å². The van der Waals surface area contributed by atoms with Crippen LogP contribution in [-0.4, -0.2) is 33.2 Å². The van der Waals surface area contributed by atoms with Crippen molar-refractivity contribution in [2.24, 2.45) is 0 Å². The zero-order valence-electron chi connectivity index (χ0n) is 15.5. The standard InChI is InChI=1S/C18H16N6O3S2/c1-10-21-24-18(29-10)28-9-12-11-5-3-4-6-13(11)27-15(12)16(25)22-23-17-19-8-7-14(20-17)26-2/h3-8H,9H2,1-2H3,(H,22,25)(H,19,20,23). The van der Waals surface area contributed by atoms with E-state index in [0.29, 0.717) is 17.2 Å². The third-order valence-electron chi connectivity index (χ3n) is 3.88. The molecule has 0 fully saturated rings. The lowest BCUT2D eigenvalue weighted by Gasteiger charge is -2.07. The minimum absolute atomic E-state index is 0.203. The second-order valence-electron chi connectivity index (χ2n) is 5.78. The minimum Gasteiger partial charge on any atom is -0.481 e. The van der Waals surface area contributed by atoms with E-state index in [9.17, 15) is 4.79 Å². The number of methoxy groups -OCH3 is 1. The number of hydrazine groups is 1. The lowest BCUT2D eigenvalue weighted by Crippen LogP contribution is -2.30. The first-order valence-electron chi connectivity index (χ1n) is 8.50. The molecule has 0 aliphatic rings. The molecule has 0 radical (unpaired) electrons. The van der Waals surface area contributed by atoms with Crippen molar-refractivity contribution in [3.05, 3.63) is 52.9 Å². The van der Waals surface area contributed by atoms with Gasteiger partial charge in [0.25, 0.3) is 0 Å². The lowest BCUT2D eigenvalue weighted by molar-refractivity contribution is 0.0936. The average Bonchev–Trinajstić information content (AvgIpc) is 3.33. The normalized spacial score (nSPS) is 10.8. The monoisotopic (exact) mass is 428 g/mol. The van der Waals surface area contributed by atoms with E-state index in [1.807, 2.05) is 31.2 Å². The Morgan fingerprint density at radius 3 is 2.93 bits per heavy atom. The summed E-state index contributed by atoms with van der Waals surface area (Å²) in [4.78, 5) is 20.9. The first-order chi connectivity index (χ1) is 14.1. The summed E-state index contributed by atoms with van der Waals surface area (Å²) in [6.07, 6.45) is 1.52. The second kappa shape index (κ2) is 8.45. The van der Waals surface area contributed by atoms with Crippen LogP contribution in [0.25, 0.3) is 11.0 Å². The van der Waals surface area contributed by atoms with Gasteiger partial charge in [-0.1, -0.05) is 41.3 Å². The molecule has 0 aliphatic carbocycles. The Labute approximate surface area is 173 Å². The van der Waals surface area contributed by atoms with Crippen LogP contribution in [0.3, 0.4) is 0 Å². The molecule has 0 atom stereocenters. The molecule has 148 valence electrons. The summed E-state index contributed by atoms with van der Waals surface area (Å²) in [5, 5.41) is 9.92. The number of carbonyl (C=O) groups excluding carboxylic acids is 1. The van der Waals surface area contributed by atoms with Crippen LogP contribution >= 0.6 is 23.1 Å². The highest BCUT2D eigenvalue weighted by Crippen LogP contribution is 2.33. The van der Waals surface area contributed by atoms with Crippen molar-refractivity contribution in [1.82, 2.24) is 25.6 Å². The second-order valence-corrected chi connectivity index (χ2v) is 8.19. The molecule has 0 bridgehead atoms. The number of nitrogens with zero attached hydrogens (tertiary/aromatic N) is 4. The van der Waals surface area contributed by atoms with Crippen molar-refractivity contribution in [2.75, 3.05) is 12.5 Å². The number of hydrogen-bond donors (Lipinski definition) is 2. The fourth-order valence-corrected chi connectivity index (χ4v) is 4.42. The van der Waals surface area contributed by atoms with Crippen molar-refractivity contribution in [1.29, 1.82) is 0 Å². The van der Waals surface area contributed by atoms with Crippen molar-refractivity contribution in [3.8, 4) is 5.88 Å². The number of ether oxygens (including phenoxy) is 1. The summed E-state index contributed by atoms with van der Waals surface area (Å²) in [6.45, 7) is 1.90. The van der Waals surface area contributed by atoms with Crippen LogP contribution in [0.4, 0.5) is 5.95 Å². The van der Waals surface area contributed by atoms with Crippen LogP contribution in [0.2, 0.25) is 0 Å². The van der Waals surface area contributed by atoms with E-state index in [2.05, 4.69) is 31.0 Å². The molecular formula is C18H16N6O3S2. The van der Waals surface area contributed by atoms with Crippen molar-refractivity contribution in [2.45, 2.75) is 17.0 Å². The third-order valence-corrected chi connectivity index (χ3v) is 5.88. The average molecular weight is 428 g/mol. The summed E-state index contributed by atoms with van der Waals surface area (Å²) >= 11 is 3.02. The largest absolute Gasteiger partial charge is 0.481 e. The van der Waals surface area contributed by atoms with Crippen LogP contribution in [-0.2, 0) is 5.75 Å². The maximum Gasteiger partial charge on any atom is 0.305 e. The van der Waals surface area contributed by atoms with E-state index >= 15 is 0 Å². The van der Waals surface area contributed by atoms with E-state index in [1.54, 1.807) is 6.07 Å². The Balaban J connectivity index is 1.55. The van der Waals surface area contributed by atoms with E-state index in [-0.39, 0.29) is 11.7 Å². The minimum atomic E-state index is -0.434. The number of thioether (sulfide) groups is 1.